The number of hydrogen-bond donors (Lipinski definition) is 6. The summed E-state index contributed by atoms with van der Waals surface area (Å²) in [7, 11) is 0. The minimum atomic E-state index is -0.706. The van der Waals surface area contributed by atoms with E-state index in [0.29, 0.717) is 101 Å². The van der Waals surface area contributed by atoms with Crippen LogP contribution in [0.5, 0.6) is 0 Å². The highest BCUT2D eigenvalue weighted by Gasteiger charge is 2.77. The normalized spacial score (nSPS) is 50.2. The minimum absolute atomic E-state index is 0.113. The summed E-state index contributed by atoms with van der Waals surface area (Å²) >= 11 is 0. The molecule has 16 aliphatic carbocycles. The van der Waals surface area contributed by atoms with Crippen molar-refractivity contribution in [2.45, 2.75) is 503 Å². The van der Waals surface area contributed by atoms with Crippen LogP contribution in [0, 0.1) is 205 Å². The second kappa shape index (κ2) is 36.3. The maximum Gasteiger partial charge on any atom is 0.0654 e. The molecule has 6 heteroatoms. The molecular weight excluding hydrogens is 1590 g/mol. The van der Waals surface area contributed by atoms with Gasteiger partial charge in [0, 0.05) is 0 Å². The minimum Gasteiger partial charge on any atom is -0.393 e. The third kappa shape index (κ3) is 16.7. The van der Waals surface area contributed by atoms with E-state index in [1.807, 2.05) is 0 Å². The van der Waals surface area contributed by atoms with Gasteiger partial charge in [-0.3, -0.25) is 0 Å². The lowest BCUT2D eigenvalue weighted by Crippen LogP contribution is -2.66. The van der Waals surface area contributed by atoms with E-state index in [1.165, 1.54) is 162 Å². The third-order valence-electron chi connectivity index (χ3n) is 50.8. The first kappa shape index (κ1) is 106. The summed E-state index contributed by atoms with van der Waals surface area (Å²) < 4.78 is 0. The van der Waals surface area contributed by atoms with Crippen LogP contribution >= 0.6 is 0 Å². The maximum atomic E-state index is 11.8. The summed E-state index contributed by atoms with van der Waals surface area (Å²) in [6, 6.07) is 0. The SMILES string of the molecule is C=C(CCC=C(C)C)C1CC[C@]2(C)C1[C@H](O)CC1[C@@]3(C)CCC(C)C(C)(C)C3CC[C@]12C.CC(C)=CC/C=C(\C)C1CC[C@]2(C)C1[C@H](O)CC1[C@@]3(C)CCC(C)C(C)(C)C3CC[C@]12C.CC(C)=CCC[C@@](C)(O)C1CC[C@]2(C)C1[C@H](O)CC1[C@@]3(C)CCC(C)C(C)(C)C3CC[C@]12C.CC(C)=CCC[C@](C)(O)C1CC[C@]2(C)C1[C@H](O)CC1[C@@]3(C)CCC(C)C(C)(C)C3CC[C@]12C. The first-order valence-corrected chi connectivity index (χ1v) is 55.8. The van der Waals surface area contributed by atoms with Crippen LogP contribution in [0.1, 0.15) is 467 Å². The molecular formula is C124H212O6. The molecule has 0 aromatic heterocycles. The summed E-state index contributed by atoms with van der Waals surface area (Å²) in [5, 5.41) is 70.5. The Bertz CT molecular complexity index is 4020. The van der Waals surface area contributed by atoms with Gasteiger partial charge < -0.3 is 30.6 Å². The Morgan fingerprint density at radius 1 is 0.292 bits per heavy atom. The Morgan fingerprint density at radius 2 is 0.538 bits per heavy atom. The second-order valence-electron chi connectivity index (χ2n) is 58.2. The molecule has 16 aliphatic rings. The Labute approximate surface area is 803 Å². The van der Waals surface area contributed by atoms with Crippen molar-refractivity contribution >= 4 is 0 Å². The highest BCUT2D eigenvalue weighted by molar-refractivity contribution is 5.28. The number of allylic oxidation sites excluding steroid dienone is 11. The summed E-state index contributed by atoms with van der Waals surface area (Å²) in [6.45, 7) is 89.8. The van der Waals surface area contributed by atoms with Crippen LogP contribution < -0.4 is 0 Å². The van der Waals surface area contributed by atoms with E-state index in [1.54, 1.807) is 0 Å². The van der Waals surface area contributed by atoms with Crippen LogP contribution in [-0.4, -0.2) is 66.3 Å². The van der Waals surface area contributed by atoms with Gasteiger partial charge in [-0.25, -0.2) is 0 Å². The van der Waals surface area contributed by atoms with Crippen molar-refractivity contribution in [3.63, 3.8) is 0 Å². The van der Waals surface area contributed by atoms with Gasteiger partial charge in [-0.05, 0) is 506 Å². The summed E-state index contributed by atoms with van der Waals surface area (Å²) in [5.74, 6) is 11.5. The van der Waals surface area contributed by atoms with Crippen LogP contribution in [-0.2, 0) is 0 Å². The van der Waals surface area contributed by atoms with Crippen LogP contribution in [0.3, 0.4) is 0 Å². The van der Waals surface area contributed by atoms with Crippen molar-refractivity contribution in [2.75, 3.05) is 0 Å². The average Bonchev–Trinajstić information content (AvgIpc) is 1.35. The standard InChI is InChI=1S/2C31H54O2.2C31H52O/c2*1-20(2)11-10-15-31(9,33)22-13-17-30(8)26(22)23(32)19-25-28(6)16-12-21(3)27(4,5)24(28)14-18-29(25,30)7;2*1-20(2)11-10-12-21(3)23-14-17-31(9)27(23)24(32)19-26-29(7)16-13-22(4)28(5,6)25(29)15-18-30(26,31)8/h2*11,21-26,32-33H,10,12-19H2,1-9H3;11-12,22-27,32H,10,13-19H2,1-9H3;11,22-27,32H,3,10,12-19H2,1-2,4-9H3/b;;21-12+;/t21?,22?,23-,24?,25?,26?,28+,29-,30-,31+;21?,22?,23-,24?,25?,26?,28+,29-,30-,31-;2*22?,23?,24-,25?,26?,27?,29+,30-,31-/m1111/s1. The van der Waals surface area contributed by atoms with Gasteiger partial charge in [-0.2, -0.15) is 0 Å². The summed E-state index contributed by atoms with van der Waals surface area (Å²) in [5.41, 5.74) is 11.9. The summed E-state index contributed by atoms with van der Waals surface area (Å²) in [6.07, 6.45) is 52.3. The van der Waals surface area contributed by atoms with E-state index in [4.69, 9.17) is 0 Å². The molecule has 38 atom stereocenters. The molecule has 744 valence electrons. The van der Waals surface area contributed by atoms with Gasteiger partial charge in [0.05, 0.1) is 35.6 Å². The lowest BCUT2D eigenvalue weighted by Gasteiger charge is -2.70. The van der Waals surface area contributed by atoms with Gasteiger partial charge >= 0.3 is 0 Å². The zero-order valence-corrected chi connectivity index (χ0v) is 91.9. The zero-order valence-electron chi connectivity index (χ0n) is 91.9. The third-order valence-corrected chi connectivity index (χ3v) is 50.8. The molecule has 0 heterocycles. The maximum absolute atomic E-state index is 11.8. The molecule has 0 aromatic rings. The molecule has 16 rings (SSSR count). The quantitative estimate of drug-likeness (QED) is 0.0909. The van der Waals surface area contributed by atoms with E-state index < -0.39 is 11.2 Å². The fourth-order valence-corrected chi connectivity index (χ4v) is 41.2. The molecule has 0 aliphatic heterocycles. The molecule has 6 nitrogen and oxygen atoms in total. The van der Waals surface area contributed by atoms with Crippen molar-refractivity contribution < 1.29 is 30.6 Å². The topological polar surface area (TPSA) is 121 Å². The molecule has 16 saturated carbocycles. The highest BCUT2D eigenvalue weighted by atomic mass is 16.3. The largest absolute Gasteiger partial charge is 0.393 e. The zero-order chi connectivity index (χ0) is 96.6. The van der Waals surface area contributed by atoms with Gasteiger partial charge in [0.25, 0.3) is 0 Å². The van der Waals surface area contributed by atoms with Gasteiger partial charge in [0.1, 0.15) is 0 Å². The molecule has 0 spiro atoms. The number of rotatable bonds is 15. The van der Waals surface area contributed by atoms with Crippen molar-refractivity contribution in [2.24, 2.45) is 205 Å². The van der Waals surface area contributed by atoms with Crippen LogP contribution in [0.25, 0.3) is 0 Å². The van der Waals surface area contributed by atoms with Gasteiger partial charge in [0.15, 0.2) is 0 Å². The molecule has 6 N–H and O–H groups in total. The Hall–Kier alpha value is -1.80. The molecule has 0 amide bonds. The lowest BCUT2D eigenvalue weighted by molar-refractivity contribution is -0.240. The smallest absolute Gasteiger partial charge is 0.0654 e. The van der Waals surface area contributed by atoms with E-state index in [9.17, 15) is 30.6 Å². The van der Waals surface area contributed by atoms with Crippen LogP contribution in [0.2, 0.25) is 0 Å². The molecule has 0 radical (unpaired) electrons. The fraction of sp³-hybridized carbons (Fsp3) is 0.903. The molecule has 16 fully saturated rings. The molecule has 0 bridgehead atoms. The monoisotopic (exact) mass is 1800 g/mol. The first-order valence-electron chi connectivity index (χ1n) is 55.8. The van der Waals surface area contributed by atoms with E-state index in [2.05, 4.69) is 279 Å². The fourth-order valence-electron chi connectivity index (χ4n) is 41.2. The number of aliphatic hydroxyl groups is 6. The second-order valence-corrected chi connectivity index (χ2v) is 58.2. The van der Waals surface area contributed by atoms with Gasteiger partial charge in [-0.15, -0.1) is 0 Å². The van der Waals surface area contributed by atoms with Crippen molar-refractivity contribution in [3.8, 4) is 0 Å². The van der Waals surface area contributed by atoms with Crippen molar-refractivity contribution in [1.82, 2.24) is 0 Å². The van der Waals surface area contributed by atoms with E-state index in [0.717, 1.165) is 144 Å². The number of fused-ring (bicyclic) bond motifs is 20. The van der Waals surface area contributed by atoms with Gasteiger partial charge in [-0.1, -0.05) is 237 Å². The predicted molar refractivity (Wildman–Crippen MR) is 552 cm³/mol. The first-order chi connectivity index (χ1) is 59.8. The highest BCUT2D eigenvalue weighted by Crippen LogP contribution is 2.82. The Kier molecular flexibility index (Phi) is 29.5. The van der Waals surface area contributed by atoms with Crippen LogP contribution in [0.4, 0.5) is 0 Å². The number of hydrogen-bond acceptors (Lipinski definition) is 6. The van der Waals surface area contributed by atoms with Crippen LogP contribution in [0.15, 0.2) is 70.4 Å². The summed E-state index contributed by atoms with van der Waals surface area (Å²) in [4.78, 5) is 0. The number of aliphatic hydroxyl groups excluding tert-OH is 4. The molecule has 0 saturated heterocycles. The van der Waals surface area contributed by atoms with E-state index >= 15 is 0 Å². The molecule has 20 unspecified atom stereocenters. The lowest BCUT2D eigenvalue weighted by atomic mass is 9.34. The Balaban J connectivity index is 0.000000148. The predicted octanol–water partition coefficient (Wildman–Crippen LogP) is 32.7. The van der Waals surface area contributed by atoms with Gasteiger partial charge in [0.2, 0.25) is 0 Å². The van der Waals surface area contributed by atoms with E-state index in [-0.39, 0.29) is 80.6 Å². The molecule has 130 heavy (non-hydrogen) atoms. The van der Waals surface area contributed by atoms with Crippen molar-refractivity contribution in [3.05, 3.63) is 70.4 Å². The Morgan fingerprint density at radius 3 is 0.831 bits per heavy atom. The molecule has 0 aromatic carbocycles. The van der Waals surface area contributed by atoms with Crippen molar-refractivity contribution in [1.29, 1.82) is 0 Å². The average molecular weight is 1800 g/mol.